The van der Waals surface area contributed by atoms with Crippen LogP contribution in [-0.2, 0) is 0 Å². The minimum absolute atomic E-state index is 0.125. The first-order chi connectivity index (χ1) is 3.83. The van der Waals surface area contributed by atoms with Crippen LogP contribution in [0.25, 0.3) is 0 Å². The van der Waals surface area contributed by atoms with Crippen molar-refractivity contribution in [2.75, 3.05) is 13.1 Å². The lowest BCUT2D eigenvalue weighted by molar-refractivity contribution is 0.267. The number of nitrogens with one attached hydrogen (secondary N) is 1. The van der Waals surface area contributed by atoms with Gasteiger partial charge >= 0.3 is 0 Å². The van der Waals surface area contributed by atoms with E-state index in [1.165, 1.54) is 0 Å². The second-order valence-corrected chi connectivity index (χ2v) is 2.96. The molecule has 2 rings (SSSR count). The van der Waals surface area contributed by atoms with Crippen molar-refractivity contribution in [3.8, 4) is 0 Å². The van der Waals surface area contributed by atoms with E-state index < -0.39 is 6.17 Å². The summed E-state index contributed by atoms with van der Waals surface area (Å²) in [6, 6.07) is 0. The Hall–Kier alpha value is -0.110. The summed E-state index contributed by atoms with van der Waals surface area (Å²) in [6.45, 7) is 1.52. The number of hydrogen-bond donors (Lipinski definition) is 1. The van der Waals surface area contributed by atoms with Crippen molar-refractivity contribution >= 4 is 0 Å². The molecule has 1 saturated carbocycles. The van der Waals surface area contributed by atoms with Gasteiger partial charge in [-0.15, -0.1) is 0 Å². The van der Waals surface area contributed by atoms with Crippen molar-refractivity contribution in [1.29, 1.82) is 0 Å². The van der Waals surface area contributed by atoms with E-state index in [1.807, 2.05) is 0 Å². The van der Waals surface area contributed by atoms with Crippen molar-refractivity contribution in [1.82, 2.24) is 5.32 Å². The van der Waals surface area contributed by atoms with Gasteiger partial charge in [0.25, 0.3) is 0 Å². The van der Waals surface area contributed by atoms with Gasteiger partial charge in [0.05, 0.1) is 0 Å². The highest BCUT2D eigenvalue weighted by molar-refractivity contribution is 5.05. The fraction of sp³-hybridized carbons (Fsp3) is 1.00. The molecule has 0 aromatic rings. The Bertz CT molecular complexity index is 109. The molecular formula is C6H10FN. The van der Waals surface area contributed by atoms with Crippen molar-refractivity contribution in [3.05, 3.63) is 0 Å². The van der Waals surface area contributed by atoms with Crippen LogP contribution in [0.3, 0.4) is 0 Å². The molecule has 2 aliphatic rings. The second-order valence-electron chi connectivity index (χ2n) is 2.96. The van der Waals surface area contributed by atoms with E-state index in [4.69, 9.17) is 0 Å². The molecule has 1 saturated heterocycles. The van der Waals surface area contributed by atoms with E-state index >= 15 is 0 Å². The van der Waals surface area contributed by atoms with Gasteiger partial charge in [-0.25, -0.2) is 4.39 Å². The molecule has 1 N–H and O–H groups in total. The zero-order valence-corrected chi connectivity index (χ0v) is 4.78. The summed E-state index contributed by atoms with van der Waals surface area (Å²) in [5.74, 6) is 0. The highest BCUT2D eigenvalue weighted by atomic mass is 19.1. The first-order valence-corrected chi connectivity index (χ1v) is 3.18. The minimum Gasteiger partial charge on any atom is -0.313 e. The Balaban J connectivity index is 2.12. The Morgan fingerprint density at radius 2 is 2.25 bits per heavy atom. The number of rotatable bonds is 0. The van der Waals surface area contributed by atoms with Crippen LogP contribution in [0, 0.1) is 5.41 Å². The third-order valence-corrected chi connectivity index (χ3v) is 2.36. The number of alkyl halides is 1. The van der Waals surface area contributed by atoms with Crippen LogP contribution < -0.4 is 5.32 Å². The molecule has 1 atom stereocenters. The quantitative estimate of drug-likeness (QED) is 0.490. The Morgan fingerprint density at radius 1 is 1.50 bits per heavy atom. The molecular weight excluding hydrogens is 105 g/mol. The Labute approximate surface area is 48.3 Å². The summed E-state index contributed by atoms with van der Waals surface area (Å²) in [5.41, 5.74) is 0.125. The lowest BCUT2D eigenvalue weighted by atomic mass is 10.1. The van der Waals surface area contributed by atoms with E-state index in [1.54, 1.807) is 0 Å². The first-order valence-electron chi connectivity index (χ1n) is 3.18. The van der Waals surface area contributed by atoms with Gasteiger partial charge in [0.2, 0.25) is 0 Å². The molecule has 1 spiro atoms. The molecule has 1 heterocycles. The molecule has 0 bridgehead atoms. The van der Waals surface area contributed by atoms with Crippen molar-refractivity contribution in [3.63, 3.8) is 0 Å². The van der Waals surface area contributed by atoms with Gasteiger partial charge in [-0.3, -0.25) is 0 Å². The summed E-state index contributed by atoms with van der Waals surface area (Å²) >= 11 is 0. The summed E-state index contributed by atoms with van der Waals surface area (Å²) in [5, 5.41) is 3.05. The van der Waals surface area contributed by atoms with Gasteiger partial charge in [0, 0.05) is 18.5 Å². The molecule has 1 aliphatic heterocycles. The molecule has 1 nitrogen and oxygen atoms in total. The number of halogens is 1. The zero-order valence-electron chi connectivity index (χ0n) is 4.78. The molecule has 0 amide bonds. The molecule has 0 radical (unpaired) electrons. The summed E-state index contributed by atoms with van der Waals surface area (Å²) < 4.78 is 12.7. The van der Waals surface area contributed by atoms with E-state index in [0.29, 0.717) is 6.54 Å². The van der Waals surface area contributed by atoms with Gasteiger partial charge in [-0.05, 0) is 12.8 Å². The first kappa shape index (κ1) is 4.74. The van der Waals surface area contributed by atoms with Crippen LogP contribution in [0.2, 0.25) is 0 Å². The highest BCUT2D eigenvalue weighted by Gasteiger charge is 2.52. The number of hydrogen-bond acceptors (Lipinski definition) is 1. The van der Waals surface area contributed by atoms with Gasteiger partial charge in [-0.2, -0.15) is 0 Å². The maximum atomic E-state index is 12.7. The van der Waals surface area contributed by atoms with E-state index in [-0.39, 0.29) is 5.41 Å². The van der Waals surface area contributed by atoms with Crippen molar-refractivity contribution in [2.24, 2.45) is 5.41 Å². The summed E-state index contributed by atoms with van der Waals surface area (Å²) in [6.07, 6.45) is 1.69. The van der Waals surface area contributed by atoms with Crippen molar-refractivity contribution < 1.29 is 4.39 Å². The maximum Gasteiger partial charge on any atom is 0.119 e. The van der Waals surface area contributed by atoms with E-state index in [2.05, 4.69) is 5.32 Å². The third kappa shape index (κ3) is 0.440. The molecule has 8 heavy (non-hydrogen) atoms. The monoisotopic (exact) mass is 115 g/mol. The lowest BCUT2D eigenvalue weighted by Gasteiger charge is -2.04. The normalized spacial score (nSPS) is 40.9. The van der Waals surface area contributed by atoms with Crippen LogP contribution in [0.5, 0.6) is 0 Å². The fourth-order valence-electron chi connectivity index (χ4n) is 1.43. The van der Waals surface area contributed by atoms with Crippen LogP contribution in [0.1, 0.15) is 12.8 Å². The largest absolute Gasteiger partial charge is 0.313 e. The van der Waals surface area contributed by atoms with E-state index in [9.17, 15) is 4.39 Å². The fourth-order valence-corrected chi connectivity index (χ4v) is 1.43. The molecule has 0 unspecified atom stereocenters. The predicted molar refractivity (Wildman–Crippen MR) is 29.4 cm³/mol. The molecule has 0 aromatic carbocycles. The molecule has 46 valence electrons. The highest BCUT2D eigenvalue weighted by Crippen LogP contribution is 2.51. The molecule has 0 aromatic heterocycles. The van der Waals surface area contributed by atoms with Gasteiger partial charge in [0.1, 0.15) is 6.17 Å². The standard InChI is InChI=1S/C6H10FN/c7-5-3-8-4-6(5)1-2-6/h5,8H,1-4H2/t5-/m0/s1. The third-order valence-electron chi connectivity index (χ3n) is 2.36. The van der Waals surface area contributed by atoms with Crippen LogP contribution in [0.4, 0.5) is 4.39 Å². The minimum atomic E-state index is -0.539. The maximum absolute atomic E-state index is 12.7. The Kier molecular flexibility index (Phi) is 0.734. The summed E-state index contributed by atoms with van der Waals surface area (Å²) in [7, 11) is 0. The zero-order chi connectivity index (χ0) is 5.61. The smallest absolute Gasteiger partial charge is 0.119 e. The van der Waals surface area contributed by atoms with Crippen LogP contribution in [-0.4, -0.2) is 19.3 Å². The van der Waals surface area contributed by atoms with Gasteiger partial charge < -0.3 is 5.32 Å². The molecule has 2 heteroatoms. The predicted octanol–water partition coefficient (Wildman–Crippen LogP) is 0.708. The molecule has 2 fully saturated rings. The lowest BCUT2D eigenvalue weighted by Crippen LogP contribution is -2.12. The average molecular weight is 115 g/mol. The Morgan fingerprint density at radius 3 is 2.50 bits per heavy atom. The van der Waals surface area contributed by atoms with Crippen LogP contribution >= 0.6 is 0 Å². The summed E-state index contributed by atoms with van der Waals surface area (Å²) in [4.78, 5) is 0. The van der Waals surface area contributed by atoms with Crippen LogP contribution in [0.15, 0.2) is 0 Å². The van der Waals surface area contributed by atoms with Gasteiger partial charge in [0.15, 0.2) is 0 Å². The van der Waals surface area contributed by atoms with E-state index in [0.717, 1.165) is 19.4 Å². The average Bonchev–Trinajstić information content (AvgIpc) is 2.39. The van der Waals surface area contributed by atoms with Crippen molar-refractivity contribution in [2.45, 2.75) is 19.0 Å². The topological polar surface area (TPSA) is 12.0 Å². The second kappa shape index (κ2) is 1.24. The molecule has 1 aliphatic carbocycles. The van der Waals surface area contributed by atoms with Gasteiger partial charge in [-0.1, -0.05) is 0 Å². The SMILES string of the molecule is F[C@H]1CNCC12CC2.